The number of urea groups is 1. The molecule has 9 nitrogen and oxygen atoms in total. The third-order valence-electron chi connectivity index (χ3n) is 11.2. The molecule has 3 saturated heterocycles. The van der Waals surface area contributed by atoms with E-state index in [2.05, 4.69) is 17.3 Å². The lowest BCUT2D eigenvalue weighted by Crippen LogP contribution is -2.51. The average Bonchev–Trinajstić information content (AvgIpc) is 3.54. The van der Waals surface area contributed by atoms with Gasteiger partial charge in [-0.1, -0.05) is 0 Å². The van der Waals surface area contributed by atoms with E-state index < -0.39 is 53.3 Å². The maximum absolute atomic E-state index is 14.1. The number of rotatable bonds is 7. The first kappa shape index (κ1) is 37.2. The van der Waals surface area contributed by atoms with Crippen molar-refractivity contribution in [2.75, 3.05) is 57.4 Å². The summed E-state index contributed by atoms with van der Waals surface area (Å²) in [4.78, 5) is 47.8. The lowest BCUT2D eigenvalue weighted by Gasteiger charge is -2.41. The monoisotopic (exact) mass is 742 g/mol. The van der Waals surface area contributed by atoms with E-state index in [-0.39, 0.29) is 24.1 Å². The van der Waals surface area contributed by atoms with E-state index >= 15 is 0 Å². The maximum Gasteiger partial charge on any atom is 0.418 e. The normalized spacial score (nSPS) is 21.1. The maximum atomic E-state index is 14.1. The van der Waals surface area contributed by atoms with Gasteiger partial charge in [-0.25, -0.2) is 4.79 Å². The van der Waals surface area contributed by atoms with Crippen LogP contribution < -0.4 is 11.1 Å². The Kier molecular flexibility index (Phi) is 10.8. The molecular weight excluding hydrogens is 698 g/mol. The van der Waals surface area contributed by atoms with Gasteiger partial charge in [-0.3, -0.25) is 9.59 Å². The second-order valence-electron chi connectivity index (χ2n) is 14.5. The van der Waals surface area contributed by atoms with Gasteiger partial charge >= 0.3 is 18.4 Å². The molecule has 1 atom stereocenters. The molecule has 2 aromatic rings. The van der Waals surface area contributed by atoms with Gasteiger partial charge in [0.15, 0.2) is 0 Å². The summed E-state index contributed by atoms with van der Waals surface area (Å²) in [6, 6.07) is 0.795. The fourth-order valence-corrected chi connectivity index (χ4v) is 9.02. The van der Waals surface area contributed by atoms with E-state index in [0.29, 0.717) is 69.5 Å². The number of anilines is 2. The van der Waals surface area contributed by atoms with Crippen molar-refractivity contribution in [3.63, 3.8) is 0 Å². The Morgan fingerprint density at radius 1 is 0.863 bits per heavy atom. The molecule has 0 unspecified atom stereocenters. The molecule has 4 aliphatic rings. The number of fused-ring (bicyclic) bond motifs is 1. The molecule has 0 bridgehead atoms. The van der Waals surface area contributed by atoms with Gasteiger partial charge in [-0.2, -0.15) is 26.3 Å². The number of carbonyl (C=O) groups is 3. The molecule has 16 heteroatoms. The number of hydrogen-bond acceptors (Lipinski definition) is 6. The van der Waals surface area contributed by atoms with Crippen LogP contribution in [0.4, 0.5) is 42.5 Å². The van der Waals surface area contributed by atoms with Crippen LogP contribution in [0.15, 0.2) is 22.9 Å². The number of nitrogen functional groups attached to an aromatic ring is 1. The van der Waals surface area contributed by atoms with E-state index in [4.69, 9.17) is 5.73 Å². The van der Waals surface area contributed by atoms with E-state index in [1.807, 2.05) is 10.8 Å². The molecular formula is C35H44F6N6O3S. The highest BCUT2D eigenvalue weighted by molar-refractivity contribution is 7.08. The van der Waals surface area contributed by atoms with Crippen LogP contribution in [0.2, 0.25) is 0 Å². The van der Waals surface area contributed by atoms with Crippen molar-refractivity contribution >= 4 is 40.6 Å². The number of halogens is 6. The highest BCUT2D eigenvalue weighted by Crippen LogP contribution is 2.43. The van der Waals surface area contributed by atoms with Crippen molar-refractivity contribution in [2.45, 2.75) is 76.3 Å². The van der Waals surface area contributed by atoms with Crippen LogP contribution in [0.25, 0.3) is 0 Å². The Balaban J connectivity index is 1.17. The first-order valence-electron chi connectivity index (χ1n) is 17.5. The topological polar surface area (TPSA) is 102 Å². The van der Waals surface area contributed by atoms with Gasteiger partial charge in [0.05, 0.1) is 35.0 Å². The van der Waals surface area contributed by atoms with Crippen molar-refractivity contribution in [3.8, 4) is 0 Å². The van der Waals surface area contributed by atoms with Gasteiger partial charge < -0.3 is 30.7 Å². The number of piperidine rings is 3. The van der Waals surface area contributed by atoms with Crippen LogP contribution in [0.5, 0.6) is 0 Å². The molecule has 1 aromatic heterocycles. The molecule has 3 N–H and O–H groups in total. The highest BCUT2D eigenvalue weighted by Gasteiger charge is 2.42. The summed E-state index contributed by atoms with van der Waals surface area (Å²) in [6.07, 6.45) is -6.55. The van der Waals surface area contributed by atoms with Gasteiger partial charge in [-0.05, 0) is 100.0 Å². The summed E-state index contributed by atoms with van der Waals surface area (Å²) in [6.45, 7) is 3.89. The Morgan fingerprint density at radius 3 is 1.98 bits per heavy atom. The molecule has 5 heterocycles. The number of hydrogen-bond donors (Lipinski definition) is 2. The minimum atomic E-state index is -5.16. The Labute approximate surface area is 297 Å². The van der Waals surface area contributed by atoms with Gasteiger partial charge in [-0.15, -0.1) is 11.3 Å². The number of amides is 4. The molecule has 51 heavy (non-hydrogen) atoms. The Bertz CT molecular complexity index is 1560. The molecule has 0 saturated carbocycles. The number of nitrogens with one attached hydrogen (secondary N) is 1. The fraction of sp³-hybridized carbons (Fsp3) is 0.629. The lowest BCUT2D eigenvalue weighted by atomic mass is 9.78. The molecule has 0 aliphatic carbocycles. The van der Waals surface area contributed by atoms with E-state index in [1.165, 1.54) is 11.3 Å². The second-order valence-corrected chi connectivity index (χ2v) is 15.2. The van der Waals surface area contributed by atoms with Crippen molar-refractivity contribution in [2.24, 2.45) is 17.8 Å². The zero-order valence-corrected chi connectivity index (χ0v) is 29.3. The van der Waals surface area contributed by atoms with Crippen molar-refractivity contribution in [1.82, 2.24) is 19.6 Å². The molecule has 1 aromatic carbocycles. The molecule has 3 fully saturated rings. The van der Waals surface area contributed by atoms with Crippen LogP contribution in [0.3, 0.4) is 0 Å². The van der Waals surface area contributed by atoms with Crippen LogP contribution in [-0.4, -0.2) is 89.8 Å². The highest BCUT2D eigenvalue weighted by atomic mass is 32.1. The van der Waals surface area contributed by atoms with E-state index in [9.17, 15) is 40.7 Å². The van der Waals surface area contributed by atoms with Crippen molar-refractivity contribution in [1.29, 1.82) is 0 Å². The van der Waals surface area contributed by atoms with Gasteiger partial charge in [0.1, 0.15) is 0 Å². The summed E-state index contributed by atoms with van der Waals surface area (Å²) >= 11 is 1.50. The van der Waals surface area contributed by atoms with E-state index in [1.54, 1.807) is 14.7 Å². The minimum absolute atomic E-state index is 0.123. The zero-order chi connectivity index (χ0) is 36.7. The summed E-state index contributed by atoms with van der Waals surface area (Å²) < 4.78 is 83.3. The first-order valence-corrected chi connectivity index (χ1v) is 18.5. The third-order valence-corrected chi connectivity index (χ3v) is 12.0. The molecule has 0 radical (unpaired) electrons. The van der Waals surface area contributed by atoms with E-state index in [0.717, 1.165) is 50.0 Å². The second kappa shape index (κ2) is 14.8. The summed E-state index contributed by atoms with van der Waals surface area (Å²) in [5, 5.41) is 6.74. The SMILES string of the molecule is CN1CCC(C2CCN(C(=O)[C@H](CC(=O)N3CCC(N4Cc5cscc5NC4=O)CC3)Cc3cc(C(F)(F)F)c(N)c(C(F)(F)F)c3)CC2)CC1. The number of likely N-dealkylation sites (tertiary alicyclic amines) is 3. The Morgan fingerprint density at radius 2 is 1.41 bits per heavy atom. The van der Waals surface area contributed by atoms with Crippen molar-refractivity contribution in [3.05, 3.63) is 45.1 Å². The number of carbonyl (C=O) groups excluding carboxylic acids is 3. The Hall–Kier alpha value is -3.53. The predicted octanol–water partition coefficient (Wildman–Crippen LogP) is 6.54. The standard InChI is InChI=1S/C35H44F6N6O3S/c1-44-8-2-22(3-9-44)23-4-10-46(11-5-23)32(49)24(14-21-15-27(34(36,37)38)31(42)28(16-21)35(39,40)41)17-30(48)45-12-6-26(7-13-45)47-18-25-19-51-20-29(25)43-33(47)50/h15-16,19-20,22-24,26H,2-14,17-18,42H2,1H3,(H,43,50)/t24-/m0/s1. The summed E-state index contributed by atoms with van der Waals surface area (Å²) in [5.74, 6) is -1.06. The number of nitrogens with two attached hydrogens (primary N) is 1. The van der Waals surface area contributed by atoms with Crippen LogP contribution in [0.1, 0.15) is 67.2 Å². The molecule has 280 valence electrons. The summed E-state index contributed by atoms with van der Waals surface area (Å²) in [5.41, 5.74) is 2.15. The van der Waals surface area contributed by atoms with Crippen LogP contribution in [0, 0.1) is 17.8 Å². The fourth-order valence-electron chi connectivity index (χ4n) is 8.24. The predicted molar refractivity (Wildman–Crippen MR) is 181 cm³/mol. The number of alkyl halides is 6. The molecule has 0 spiro atoms. The summed E-state index contributed by atoms with van der Waals surface area (Å²) in [7, 11) is 2.09. The smallest absolute Gasteiger partial charge is 0.398 e. The molecule has 6 rings (SSSR count). The van der Waals surface area contributed by atoms with Gasteiger partial charge in [0.25, 0.3) is 0 Å². The number of benzene rings is 1. The first-order chi connectivity index (χ1) is 24.1. The lowest BCUT2D eigenvalue weighted by molar-refractivity contribution is -0.143. The molecule has 4 amide bonds. The molecule has 4 aliphatic heterocycles. The number of nitrogens with zero attached hydrogens (tertiary/aromatic N) is 4. The van der Waals surface area contributed by atoms with Crippen molar-refractivity contribution < 1.29 is 40.7 Å². The van der Waals surface area contributed by atoms with Crippen LogP contribution >= 0.6 is 11.3 Å². The van der Waals surface area contributed by atoms with Gasteiger partial charge in [0.2, 0.25) is 11.8 Å². The minimum Gasteiger partial charge on any atom is -0.398 e. The third kappa shape index (κ3) is 8.42. The average molecular weight is 743 g/mol. The quantitative estimate of drug-likeness (QED) is 0.248. The van der Waals surface area contributed by atoms with Gasteiger partial charge in [0, 0.05) is 49.6 Å². The largest absolute Gasteiger partial charge is 0.418 e. The van der Waals surface area contributed by atoms with Crippen LogP contribution in [-0.2, 0) is 34.9 Å². The number of thiophene rings is 1. The zero-order valence-electron chi connectivity index (χ0n) is 28.5.